The summed E-state index contributed by atoms with van der Waals surface area (Å²) in [7, 11) is 0. The molecule has 2 N–H and O–H groups in total. The van der Waals surface area contributed by atoms with Crippen LogP contribution < -0.4 is 5.32 Å². The van der Waals surface area contributed by atoms with Crippen LogP contribution in [0, 0.1) is 11.3 Å². The first-order chi connectivity index (χ1) is 8.65. The number of rotatable bonds is 3. The summed E-state index contributed by atoms with van der Waals surface area (Å²) in [5.74, 6) is 1.12. The number of urea groups is 1. The predicted molar refractivity (Wildman–Crippen MR) is 69.8 cm³/mol. The Labute approximate surface area is 108 Å². The molecule has 0 radical (unpaired) electrons. The molecule has 0 atom stereocenters. The van der Waals surface area contributed by atoms with Gasteiger partial charge in [0.1, 0.15) is 11.4 Å². The van der Waals surface area contributed by atoms with Crippen molar-refractivity contribution in [3.05, 3.63) is 0 Å². The highest BCUT2D eigenvalue weighted by Gasteiger charge is 2.52. The maximum Gasteiger partial charge on any atom is 0.323 e. The summed E-state index contributed by atoms with van der Waals surface area (Å²) in [6.07, 6.45) is 4.30. The van der Waals surface area contributed by atoms with Gasteiger partial charge in [-0.3, -0.25) is 10.7 Å². The number of carbonyl (C=O) groups is 1. The zero-order valence-electron chi connectivity index (χ0n) is 11.0. The Morgan fingerprint density at radius 3 is 2.61 bits per heavy atom. The van der Waals surface area contributed by atoms with E-state index in [1.54, 1.807) is 0 Å². The van der Waals surface area contributed by atoms with Gasteiger partial charge in [0.05, 0.1) is 0 Å². The number of hydrogen-bond acceptors (Lipinski definition) is 3. The second-order valence-corrected chi connectivity index (χ2v) is 5.82. The van der Waals surface area contributed by atoms with Gasteiger partial charge in [-0.15, -0.1) is 0 Å². The molecule has 18 heavy (non-hydrogen) atoms. The average molecular weight is 250 g/mol. The number of piperidine rings is 1. The van der Waals surface area contributed by atoms with Gasteiger partial charge in [0, 0.05) is 19.6 Å². The summed E-state index contributed by atoms with van der Waals surface area (Å²) in [6, 6.07) is -0.0446. The van der Waals surface area contributed by atoms with Gasteiger partial charge in [0.25, 0.3) is 0 Å². The molecule has 0 unspecified atom stereocenters. The topological polar surface area (TPSA) is 59.4 Å². The van der Waals surface area contributed by atoms with Crippen LogP contribution in [-0.2, 0) is 0 Å². The molecule has 3 rings (SSSR count). The summed E-state index contributed by atoms with van der Waals surface area (Å²) in [5.41, 5.74) is -0.314. The lowest BCUT2D eigenvalue weighted by atomic mass is 9.85. The van der Waals surface area contributed by atoms with E-state index in [9.17, 15) is 4.79 Å². The average Bonchev–Trinajstić information content (AvgIpc) is 3.16. The van der Waals surface area contributed by atoms with Crippen molar-refractivity contribution < 1.29 is 4.79 Å². The molecular weight excluding hydrogens is 228 g/mol. The van der Waals surface area contributed by atoms with Crippen molar-refractivity contribution in [2.24, 2.45) is 5.92 Å². The first-order valence-electron chi connectivity index (χ1n) is 7.06. The van der Waals surface area contributed by atoms with E-state index >= 15 is 0 Å². The number of amides is 2. The number of carbonyl (C=O) groups excluding carboxylic acids is 1. The van der Waals surface area contributed by atoms with Crippen molar-refractivity contribution >= 4 is 11.9 Å². The molecule has 0 aromatic heterocycles. The van der Waals surface area contributed by atoms with E-state index in [0.717, 1.165) is 39.0 Å². The van der Waals surface area contributed by atoms with E-state index in [1.165, 1.54) is 12.8 Å². The molecule has 0 aromatic rings. The van der Waals surface area contributed by atoms with E-state index in [-0.39, 0.29) is 11.6 Å². The third-order valence-electron chi connectivity index (χ3n) is 4.73. The minimum Gasteiger partial charge on any atom is -0.311 e. The third kappa shape index (κ3) is 1.81. The highest BCUT2D eigenvalue weighted by molar-refractivity contribution is 6.08. The van der Waals surface area contributed by atoms with Gasteiger partial charge in [0.2, 0.25) is 0 Å². The summed E-state index contributed by atoms with van der Waals surface area (Å²) in [6.45, 7) is 6.07. The molecule has 1 spiro atoms. The number of hydrogen-bond donors (Lipinski definition) is 2. The van der Waals surface area contributed by atoms with Crippen molar-refractivity contribution in [2.45, 2.75) is 38.1 Å². The van der Waals surface area contributed by atoms with Crippen LogP contribution in [0.2, 0.25) is 0 Å². The second kappa shape index (κ2) is 4.23. The van der Waals surface area contributed by atoms with Gasteiger partial charge in [0.15, 0.2) is 0 Å². The largest absolute Gasteiger partial charge is 0.323 e. The van der Waals surface area contributed by atoms with Crippen molar-refractivity contribution in [2.75, 3.05) is 26.2 Å². The number of likely N-dealkylation sites (tertiary alicyclic amines) is 1. The molecule has 100 valence electrons. The second-order valence-electron chi connectivity index (χ2n) is 5.82. The fourth-order valence-electron chi connectivity index (χ4n) is 3.20. The lowest BCUT2D eigenvalue weighted by Gasteiger charge is -2.43. The van der Waals surface area contributed by atoms with Crippen molar-refractivity contribution in [3.63, 3.8) is 0 Å². The Morgan fingerprint density at radius 2 is 2.06 bits per heavy atom. The van der Waals surface area contributed by atoms with Gasteiger partial charge < -0.3 is 9.80 Å². The van der Waals surface area contributed by atoms with Crippen LogP contribution in [0.4, 0.5) is 4.79 Å². The first-order valence-corrected chi connectivity index (χ1v) is 7.06. The molecule has 0 bridgehead atoms. The van der Waals surface area contributed by atoms with Crippen molar-refractivity contribution in [3.8, 4) is 0 Å². The molecule has 3 fully saturated rings. The minimum absolute atomic E-state index is 0.0446. The molecule has 2 saturated heterocycles. The molecule has 2 heterocycles. The standard InChI is InChI=1S/C13H22N4O/c1-2-16-7-5-13(6-8-16)11(14)15-12(18)17(13)9-10-3-4-10/h10H,2-9H2,1H3,(H2,14,15,18). The Balaban J connectivity index is 1.78. The van der Waals surface area contributed by atoms with Gasteiger partial charge >= 0.3 is 6.03 Å². The van der Waals surface area contributed by atoms with Gasteiger partial charge in [-0.1, -0.05) is 6.92 Å². The summed E-state index contributed by atoms with van der Waals surface area (Å²) in [4.78, 5) is 16.4. The fourth-order valence-corrected chi connectivity index (χ4v) is 3.20. The highest BCUT2D eigenvalue weighted by Crippen LogP contribution is 2.38. The van der Waals surface area contributed by atoms with Crippen LogP contribution >= 0.6 is 0 Å². The summed E-state index contributed by atoms with van der Waals surface area (Å²) in [5, 5.41) is 10.9. The zero-order valence-corrected chi connectivity index (χ0v) is 11.0. The molecule has 3 aliphatic rings. The molecular formula is C13H22N4O. The van der Waals surface area contributed by atoms with Gasteiger partial charge in [-0.05, 0) is 38.1 Å². The normalized spacial score (nSPS) is 27.9. The summed E-state index contributed by atoms with van der Waals surface area (Å²) >= 11 is 0. The van der Waals surface area contributed by atoms with E-state index in [2.05, 4.69) is 17.1 Å². The quantitative estimate of drug-likeness (QED) is 0.792. The number of nitrogens with one attached hydrogen (secondary N) is 2. The third-order valence-corrected chi connectivity index (χ3v) is 4.73. The summed E-state index contributed by atoms with van der Waals surface area (Å²) < 4.78 is 0. The van der Waals surface area contributed by atoms with Crippen LogP contribution in [0.15, 0.2) is 0 Å². The zero-order chi connectivity index (χ0) is 12.8. The fraction of sp³-hybridized carbons (Fsp3) is 0.846. The first kappa shape index (κ1) is 12.0. The number of nitrogens with zero attached hydrogens (tertiary/aromatic N) is 2. The predicted octanol–water partition coefficient (Wildman–Crippen LogP) is 1.25. The van der Waals surface area contributed by atoms with E-state index < -0.39 is 0 Å². The van der Waals surface area contributed by atoms with Crippen LogP contribution in [0.3, 0.4) is 0 Å². The minimum atomic E-state index is -0.314. The van der Waals surface area contributed by atoms with Gasteiger partial charge in [-0.25, -0.2) is 4.79 Å². The van der Waals surface area contributed by atoms with Gasteiger partial charge in [-0.2, -0.15) is 0 Å². The molecule has 1 saturated carbocycles. The van der Waals surface area contributed by atoms with Crippen LogP contribution in [0.5, 0.6) is 0 Å². The van der Waals surface area contributed by atoms with E-state index in [1.807, 2.05) is 4.90 Å². The highest BCUT2D eigenvalue weighted by atomic mass is 16.2. The number of amidine groups is 1. The van der Waals surface area contributed by atoms with Crippen molar-refractivity contribution in [1.29, 1.82) is 5.41 Å². The molecule has 0 aromatic carbocycles. The maximum atomic E-state index is 12.0. The van der Waals surface area contributed by atoms with E-state index in [4.69, 9.17) is 5.41 Å². The lowest BCUT2D eigenvalue weighted by molar-refractivity contribution is 0.103. The maximum absolute atomic E-state index is 12.0. The van der Waals surface area contributed by atoms with Crippen LogP contribution in [0.1, 0.15) is 32.6 Å². The van der Waals surface area contributed by atoms with Crippen molar-refractivity contribution in [1.82, 2.24) is 15.1 Å². The SMILES string of the molecule is CCN1CCC2(CC1)C(=N)NC(=O)N2CC1CC1. The molecule has 1 aliphatic carbocycles. The smallest absolute Gasteiger partial charge is 0.311 e. The van der Waals surface area contributed by atoms with Crippen LogP contribution in [0.25, 0.3) is 0 Å². The Kier molecular flexibility index (Phi) is 2.81. The molecule has 2 aliphatic heterocycles. The molecule has 5 nitrogen and oxygen atoms in total. The van der Waals surface area contributed by atoms with Crippen LogP contribution in [-0.4, -0.2) is 53.4 Å². The Hall–Kier alpha value is -1.10. The lowest BCUT2D eigenvalue weighted by Crippen LogP contribution is -2.56. The molecule has 5 heteroatoms. The Bertz CT molecular complexity index is 369. The monoisotopic (exact) mass is 250 g/mol. The Morgan fingerprint density at radius 1 is 1.39 bits per heavy atom. The molecule has 2 amide bonds. The van der Waals surface area contributed by atoms with E-state index in [0.29, 0.717) is 11.8 Å².